The molecular weight excluding hydrogens is 256 g/mol. The van der Waals surface area contributed by atoms with Gasteiger partial charge >= 0.3 is 5.97 Å². The Morgan fingerprint density at radius 2 is 2.20 bits per heavy atom. The summed E-state index contributed by atoms with van der Waals surface area (Å²) in [6.07, 6.45) is 0.450. The number of carboxylic acid groups (broad SMARTS) is 1. The average molecular weight is 276 g/mol. The van der Waals surface area contributed by atoms with Crippen LogP contribution in [0.5, 0.6) is 0 Å². The van der Waals surface area contributed by atoms with Gasteiger partial charge in [-0.25, -0.2) is 0 Å². The first-order valence-corrected chi connectivity index (χ1v) is 6.88. The highest BCUT2D eigenvalue weighted by Gasteiger charge is 2.22. The minimum Gasteiger partial charge on any atom is -0.481 e. The number of aliphatic carboxylic acids is 1. The third-order valence-corrected chi connectivity index (χ3v) is 3.51. The second kappa shape index (κ2) is 5.94. The van der Waals surface area contributed by atoms with E-state index in [0.717, 1.165) is 16.9 Å². The van der Waals surface area contributed by atoms with Gasteiger partial charge in [-0.05, 0) is 17.5 Å². The number of fused-ring (bicyclic) bond motifs is 1. The Kier molecular flexibility index (Phi) is 4.27. The van der Waals surface area contributed by atoms with Crippen molar-refractivity contribution >= 4 is 23.3 Å². The molecule has 20 heavy (non-hydrogen) atoms. The highest BCUT2D eigenvalue weighted by atomic mass is 16.4. The summed E-state index contributed by atoms with van der Waals surface area (Å²) in [5.74, 6) is -0.544. The number of benzene rings is 1. The predicted octanol–water partition coefficient (Wildman–Crippen LogP) is 2.43. The van der Waals surface area contributed by atoms with Crippen LogP contribution < -0.4 is 10.2 Å². The highest BCUT2D eigenvalue weighted by Crippen LogP contribution is 2.35. The van der Waals surface area contributed by atoms with Gasteiger partial charge in [0, 0.05) is 19.5 Å². The van der Waals surface area contributed by atoms with Crippen LogP contribution >= 0.6 is 0 Å². The number of anilines is 2. The molecule has 1 amide bonds. The van der Waals surface area contributed by atoms with E-state index in [4.69, 9.17) is 5.11 Å². The van der Waals surface area contributed by atoms with Crippen LogP contribution in [0.2, 0.25) is 0 Å². The summed E-state index contributed by atoms with van der Waals surface area (Å²) < 4.78 is 0. The molecule has 108 valence electrons. The summed E-state index contributed by atoms with van der Waals surface area (Å²) in [5.41, 5.74) is 2.83. The summed E-state index contributed by atoms with van der Waals surface area (Å²) in [6, 6.07) is 5.90. The van der Waals surface area contributed by atoms with Crippen LogP contribution in [0.4, 0.5) is 11.4 Å². The minimum atomic E-state index is -0.824. The third-order valence-electron chi connectivity index (χ3n) is 3.51. The van der Waals surface area contributed by atoms with Gasteiger partial charge < -0.3 is 15.3 Å². The van der Waals surface area contributed by atoms with Crippen molar-refractivity contribution in [2.75, 3.05) is 23.3 Å². The molecule has 1 aliphatic rings. The van der Waals surface area contributed by atoms with E-state index < -0.39 is 5.97 Å². The molecule has 0 saturated carbocycles. The van der Waals surface area contributed by atoms with E-state index in [2.05, 4.69) is 19.2 Å². The van der Waals surface area contributed by atoms with Crippen LogP contribution in [0.25, 0.3) is 0 Å². The zero-order valence-corrected chi connectivity index (χ0v) is 11.8. The molecule has 1 aliphatic heterocycles. The zero-order valence-electron chi connectivity index (χ0n) is 11.8. The standard InChI is InChI=1S/C15H20N2O3/c1-10(2)11-4-3-5-12-15(11)16-13(18)6-8-17(12)9-7-14(19)20/h3-5,10H,6-9H2,1-2H3,(H,16,18)(H,19,20). The Morgan fingerprint density at radius 1 is 1.45 bits per heavy atom. The van der Waals surface area contributed by atoms with Crippen molar-refractivity contribution in [1.29, 1.82) is 0 Å². The number of hydrogen-bond acceptors (Lipinski definition) is 3. The smallest absolute Gasteiger partial charge is 0.305 e. The Labute approximate surface area is 118 Å². The van der Waals surface area contributed by atoms with Gasteiger partial charge in [0.25, 0.3) is 0 Å². The summed E-state index contributed by atoms with van der Waals surface area (Å²) in [4.78, 5) is 24.6. The third kappa shape index (κ3) is 3.10. The number of amides is 1. The molecule has 2 N–H and O–H groups in total. The molecule has 0 atom stereocenters. The molecule has 0 unspecified atom stereocenters. The van der Waals surface area contributed by atoms with Crippen LogP contribution in [0.3, 0.4) is 0 Å². The number of hydrogen-bond donors (Lipinski definition) is 2. The van der Waals surface area contributed by atoms with Gasteiger partial charge in [0.1, 0.15) is 0 Å². The topological polar surface area (TPSA) is 69.6 Å². The van der Waals surface area contributed by atoms with Gasteiger partial charge in [-0.15, -0.1) is 0 Å². The molecular formula is C15H20N2O3. The molecule has 1 aromatic rings. The summed E-state index contributed by atoms with van der Waals surface area (Å²) in [6.45, 7) is 5.12. The maximum atomic E-state index is 11.9. The number of carboxylic acids is 1. The van der Waals surface area contributed by atoms with Crippen molar-refractivity contribution in [2.45, 2.75) is 32.6 Å². The molecule has 1 heterocycles. The largest absolute Gasteiger partial charge is 0.481 e. The average Bonchev–Trinajstić information content (AvgIpc) is 2.54. The van der Waals surface area contributed by atoms with Crippen molar-refractivity contribution in [1.82, 2.24) is 0 Å². The van der Waals surface area contributed by atoms with E-state index in [1.165, 1.54) is 0 Å². The number of rotatable bonds is 4. The monoisotopic (exact) mass is 276 g/mol. The summed E-state index contributed by atoms with van der Waals surface area (Å²) in [5, 5.41) is 11.8. The van der Waals surface area contributed by atoms with Gasteiger partial charge in [-0.2, -0.15) is 0 Å². The summed E-state index contributed by atoms with van der Waals surface area (Å²) >= 11 is 0. The van der Waals surface area contributed by atoms with Crippen molar-refractivity contribution in [2.24, 2.45) is 0 Å². The molecule has 5 heteroatoms. The maximum Gasteiger partial charge on any atom is 0.305 e. The van der Waals surface area contributed by atoms with Gasteiger partial charge in [-0.3, -0.25) is 9.59 Å². The van der Waals surface area contributed by atoms with E-state index in [1.54, 1.807) is 0 Å². The Morgan fingerprint density at radius 3 is 2.85 bits per heavy atom. The Hall–Kier alpha value is -2.04. The molecule has 2 rings (SSSR count). The fourth-order valence-electron chi connectivity index (χ4n) is 2.46. The summed E-state index contributed by atoms with van der Waals surface area (Å²) in [7, 11) is 0. The van der Waals surface area contributed by atoms with Gasteiger partial charge in [0.15, 0.2) is 0 Å². The zero-order chi connectivity index (χ0) is 14.7. The van der Waals surface area contributed by atoms with Crippen LogP contribution in [0, 0.1) is 0 Å². The van der Waals surface area contributed by atoms with Crippen molar-refractivity contribution in [3.8, 4) is 0 Å². The second-order valence-corrected chi connectivity index (χ2v) is 5.33. The van der Waals surface area contributed by atoms with E-state index in [0.29, 0.717) is 25.4 Å². The molecule has 0 aliphatic carbocycles. The van der Waals surface area contributed by atoms with Gasteiger partial charge in [-0.1, -0.05) is 26.0 Å². The lowest BCUT2D eigenvalue weighted by molar-refractivity contribution is -0.136. The van der Waals surface area contributed by atoms with E-state index in [-0.39, 0.29) is 12.3 Å². The molecule has 0 fully saturated rings. The Balaban J connectivity index is 2.38. The predicted molar refractivity (Wildman–Crippen MR) is 78.2 cm³/mol. The maximum absolute atomic E-state index is 11.9. The molecule has 5 nitrogen and oxygen atoms in total. The first kappa shape index (κ1) is 14.4. The molecule has 0 spiro atoms. The lowest BCUT2D eigenvalue weighted by atomic mass is 9.99. The number of nitrogens with one attached hydrogen (secondary N) is 1. The SMILES string of the molecule is CC(C)c1cccc2c1NC(=O)CCN2CCC(=O)O. The van der Waals surface area contributed by atoms with Crippen molar-refractivity contribution in [3.05, 3.63) is 23.8 Å². The second-order valence-electron chi connectivity index (χ2n) is 5.33. The van der Waals surface area contributed by atoms with Crippen molar-refractivity contribution < 1.29 is 14.7 Å². The van der Waals surface area contributed by atoms with E-state index in [1.807, 2.05) is 23.1 Å². The van der Waals surface area contributed by atoms with Crippen molar-refractivity contribution in [3.63, 3.8) is 0 Å². The first-order valence-electron chi connectivity index (χ1n) is 6.88. The van der Waals surface area contributed by atoms with E-state index >= 15 is 0 Å². The fraction of sp³-hybridized carbons (Fsp3) is 0.467. The highest BCUT2D eigenvalue weighted by molar-refractivity contribution is 5.97. The van der Waals surface area contributed by atoms with Gasteiger partial charge in [0.05, 0.1) is 17.8 Å². The normalized spacial score (nSPS) is 14.8. The molecule has 0 aromatic heterocycles. The lowest BCUT2D eigenvalue weighted by Crippen LogP contribution is -2.27. The molecule has 0 saturated heterocycles. The molecule has 1 aromatic carbocycles. The van der Waals surface area contributed by atoms with Gasteiger partial charge in [0.2, 0.25) is 5.91 Å². The molecule has 0 bridgehead atoms. The molecule has 0 radical (unpaired) electrons. The number of nitrogens with zero attached hydrogens (tertiary/aromatic N) is 1. The minimum absolute atomic E-state index is 0.0165. The lowest BCUT2D eigenvalue weighted by Gasteiger charge is -2.25. The van der Waals surface area contributed by atoms with Crippen LogP contribution in [0.15, 0.2) is 18.2 Å². The van der Waals surface area contributed by atoms with Crippen LogP contribution in [-0.4, -0.2) is 30.1 Å². The first-order chi connectivity index (χ1) is 9.49. The quantitative estimate of drug-likeness (QED) is 0.886. The Bertz CT molecular complexity index is 526. The number of carbonyl (C=O) groups is 2. The van der Waals surface area contributed by atoms with Crippen LogP contribution in [0.1, 0.15) is 38.2 Å². The van der Waals surface area contributed by atoms with Crippen LogP contribution in [-0.2, 0) is 9.59 Å². The fourth-order valence-corrected chi connectivity index (χ4v) is 2.46. The number of para-hydroxylation sites is 1. The number of carbonyl (C=O) groups excluding carboxylic acids is 1. The van der Waals surface area contributed by atoms with E-state index in [9.17, 15) is 9.59 Å².